The third-order valence-electron chi connectivity index (χ3n) is 3.32. The van der Waals surface area contributed by atoms with Crippen LogP contribution in [-0.2, 0) is 19.8 Å². The van der Waals surface area contributed by atoms with Crippen LogP contribution in [0.1, 0.15) is 16.8 Å². The quantitative estimate of drug-likeness (QED) is 0.648. The van der Waals surface area contributed by atoms with Crippen LogP contribution >= 0.6 is 0 Å². The van der Waals surface area contributed by atoms with Crippen LogP contribution in [0, 0.1) is 5.92 Å². The average molecular weight is 331 g/mol. The van der Waals surface area contributed by atoms with Crippen LogP contribution < -0.4 is 4.90 Å². The van der Waals surface area contributed by atoms with Crippen LogP contribution in [0.2, 0.25) is 0 Å². The molecule has 0 aliphatic carbocycles. The molecule has 1 amide bonds. The SMILES string of the molecule is COC(=O)c1cc(O)ccc1N1CC(CS(=O)(=O)F)CC1=O. The second kappa shape index (κ2) is 5.91. The Morgan fingerprint density at radius 1 is 1.50 bits per heavy atom. The Hall–Kier alpha value is -2.16. The van der Waals surface area contributed by atoms with E-state index in [9.17, 15) is 27.0 Å². The van der Waals surface area contributed by atoms with E-state index in [1.54, 1.807) is 0 Å². The summed E-state index contributed by atoms with van der Waals surface area (Å²) in [4.78, 5) is 24.9. The van der Waals surface area contributed by atoms with E-state index in [1.165, 1.54) is 17.0 Å². The largest absolute Gasteiger partial charge is 0.508 e. The Bertz CT molecular complexity index is 717. The Morgan fingerprint density at radius 2 is 2.18 bits per heavy atom. The number of esters is 1. The van der Waals surface area contributed by atoms with E-state index in [-0.39, 0.29) is 30.0 Å². The highest BCUT2D eigenvalue weighted by molar-refractivity contribution is 7.86. The van der Waals surface area contributed by atoms with E-state index in [4.69, 9.17) is 0 Å². The number of benzene rings is 1. The molecule has 1 N–H and O–H groups in total. The molecule has 7 nitrogen and oxygen atoms in total. The topological polar surface area (TPSA) is 101 Å². The molecule has 0 spiro atoms. The Labute approximate surface area is 126 Å². The van der Waals surface area contributed by atoms with Crippen LogP contribution in [0.5, 0.6) is 5.75 Å². The lowest BCUT2D eigenvalue weighted by molar-refractivity contribution is -0.117. The second-order valence-electron chi connectivity index (χ2n) is 4.97. The highest BCUT2D eigenvalue weighted by Gasteiger charge is 2.35. The first-order valence-corrected chi connectivity index (χ1v) is 7.90. The van der Waals surface area contributed by atoms with Crippen LogP contribution in [0.3, 0.4) is 0 Å². The molecule has 0 bridgehead atoms. The molecule has 120 valence electrons. The summed E-state index contributed by atoms with van der Waals surface area (Å²) < 4.78 is 38.7. The normalized spacial score (nSPS) is 18.5. The number of amides is 1. The van der Waals surface area contributed by atoms with Gasteiger partial charge in [-0.25, -0.2) is 4.79 Å². The van der Waals surface area contributed by atoms with Crippen molar-refractivity contribution in [1.29, 1.82) is 0 Å². The number of nitrogens with zero attached hydrogens (tertiary/aromatic N) is 1. The van der Waals surface area contributed by atoms with Crippen LogP contribution in [-0.4, -0.2) is 44.8 Å². The van der Waals surface area contributed by atoms with Gasteiger partial charge < -0.3 is 14.7 Å². The Kier molecular flexibility index (Phi) is 4.36. The van der Waals surface area contributed by atoms with Gasteiger partial charge in [-0.1, -0.05) is 0 Å². The maximum absolute atomic E-state index is 12.7. The summed E-state index contributed by atoms with van der Waals surface area (Å²) in [6.07, 6.45) is -0.134. The Balaban J connectivity index is 2.32. The van der Waals surface area contributed by atoms with Crippen molar-refractivity contribution in [3.05, 3.63) is 23.8 Å². The molecule has 1 aromatic rings. The lowest BCUT2D eigenvalue weighted by atomic mass is 10.1. The van der Waals surface area contributed by atoms with Gasteiger partial charge in [-0.05, 0) is 18.2 Å². The minimum Gasteiger partial charge on any atom is -0.508 e. The minimum absolute atomic E-state index is 0.0281. The number of phenols is 1. The first-order chi connectivity index (χ1) is 10.2. The monoisotopic (exact) mass is 331 g/mol. The smallest absolute Gasteiger partial charge is 0.340 e. The van der Waals surface area contributed by atoms with Crippen molar-refractivity contribution in [2.45, 2.75) is 6.42 Å². The zero-order chi connectivity index (χ0) is 16.5. The number of methoxy groups -OCH3 is 1. The van der Waals surface area contributed by atoms with Crippen LogP contribution in [0.4, 0.5) is 9.57 Å². The summed E-state index contributed by atoms with van der Waals surface area (Å²) in [6, 6.07) is 3.79. The molecule has 1 heterocycles. The molecular weight excluding hydrogens is 317 g/mol. The van der Waals surface area contributed by atoms with E-state index in [0.717, 1.165) is 13.2 Å². The van der Waals surface area contributed by atoms with Gasteiger partial charge in [-0.2, -0.15) is 8.42 Å². The maximum atomic E-state index is 12.7. The van der Waals surface area contributed by atoms with Crippen molar-refractivity contribution in [2.24, 2.45) is 5.92 Å². The third-order valence-corrected chi connectivity index (χ3v) is 4.19. The molecule has 0 aromatic heterocycles. The Morgan fingerprint density at radius 3 is 2.77 bits per heavy atom. The fourth-order valence-electron chi connectivity index (χ4n) is 2.44. The fraction of sp³-hybridized carbons (Fsp3) is 0.385. The number of carbonyl (C=O) groups excluding carboxylic acids is 2. The van der Waals surface area contributed by atoms with Gasteiger partial charge in [-0.3, -0.25) is 4.79 Å². The molecule has 1 saturated heterocycles. The number of aromatic hydroxyl groups is 1. The number of hydrogen-bond donors (Lipinski definition) is 1. The number of ether oxygens (including phenoxy) is 1. The molecule has 1 aromatic carbocycles. The van der Waals surface area contributed by atoms with Gasteiger partial charge in [0, 0.05) is 18.9 Å². The number of halogens is 1. The fourth-order valence-corrected chi connectivity index (χ4v) is 3.23. The molecule has 2 rings (SSSR count). The van der Waals surface area contributed by atoms with Crippen molar-refractivity contribution in [3.8, 4) is 5.75 Å². The second-order valence-corrected chi connectivity index (χ2v) is 6.38. The first-order valence-electron chi connectivity index (χ1n) is 6.35. The summed E-state index contributed by atoms with van der Waals surface area (Å²) in [5.74, 6) is -2.80. The van der Waals surface area contributed by atoms with Crippen molar-refractivity contribution in [3.63, 3.8) is 0 Å². The summed E-state index contributed by atoms with van der Waals surface area (Å²) in [5, 5.41) is 9.46. The van der Waals surface area contributed by atoms with Crippen molar-refractivity contribution >= 4 is 27.8 Å². The molecule has 1 aliphatic heterocycles. The summed E-state index contributed by atoms with van der Waals surface area (Å²) in [7, 11) is -3.53. The molecule has 22 heavy (non-hydrogen) atoms. The maximum Gasteiger partial charge on any atom is 0.340 e. The summed E-state index contributed by atoms with van der Waals surface area (Å²) >= 11 is 0. The number of carbonyl (C=O) groups is 2. The van der Waals surface area contributed by atoms with Gasteiger partial charge in [0.1, 0.15) is 5.75 Å². The zero-order valence-electron chi connectivity index (χ0n) is 11.7. The standard InChI is InChI=1S/C13H14FNO6S/c1-21-13(18)10-5-9(16)2-3-11(10)15-6-8(4-12(15)17)7-22(14,19)20/h2-3,5,8,16H,4,6-7H2,1H3. The molecule has 1 atom stereocenters. The average Bonchev–Trinajstić information content (AvgIpc) is 2.76. The van der Waals surface area contributed by atoms with Crippen molar-refractivity contribution in [1.82, 2.24) is 0 Å². The van der Waals surface area contributed by atoms with Gasteiger partial charge in [0.2, 0.25) is 5.91 Å². The lowest BCUT2D eigenvalue weighted by Crippen LogP contribution is -2.27. The van der Waals surface area contributed by atoms with Crippen molar-refractivity contribution in [2.75, 3.05) is 24.3 Å². The summed E-state index contributed by atoms with van der Waals surface area (Å²) in [6.45, 7) is -0.0310. The van der Waals surface area contributed by atoms with Gasteiger partial charge >= 0.3 is 16.2 Å². The minimum atomic E-state index is -4.68. The predicted octanol–water partition coefficient (Wildman–Crippen LogP) is 0.831. The van der Waals surface area contributed by atoms with E-state index in [2.05, 4.69) is 4.74 Å². The summed E-state index contributed by atoms with van der Waals surface area (Å²) in [5.41, 5.74) is 0.160. The number of anilines is 1. The molecule has 1 aliphatic rings. The van der Waals surface area contributed by atoms with Gasteiger partial charge in [0.15, 0.2) is 0 Å². The molecule has 1 unspecified atom stereocenters. The van der Waals surface area contributed by atoms with E-state index in [0.29, 0.717) is 0 Å². The number of rotatable bonds is 4. The van der Waals surface area contributed by atoms with Gasteiger partial charge in [0.25, 0.3) is 0 Å². The molecule has 9 heteroatoms. The molecule has 0 saturated carbocycles. The van der Waals surface area contributed by atoms with Crippen LogP contribution in [0.25, 0.3) is 0 Å². The van der Waals surface area contributed by atoms with Gasteiger partial charge in [0.05, 0.1) is 24.1 Å². The number of hydrogen-bond acceptors (Lipinski definition) is 6. The van der Waals surface area contributed by atoms with E-state index in [1.807, 2.05) is 0 Å². The highest BCUT2D eigenvalue weighted by atomic mass is 32.3. The first kappa shape index (κ1) is 16.2. The number of phenolic OH excluding ortho intramolecular Hbond substituents is 1. The molecule has 0 radical (unpaired) electrons. The van der Waals surface area contributed by atoms with Gasteiger partial charge in [-0.15, -0.1) is 3.89 Å². The molecule has 1 fully saturated rings. The lowest BCUT2D eigenvalue weighted by Gasteiger charge is -2.19. The highest BCUT2D eigenvalue weighted by Crippen LogP contribution is 2.31. The predicted molar refractivity (Wildman–Crippen MR) is 74.8 cm³/mol. The third kappa shape index (κ3) is 3.53. The van der Waals surface area contributed by atoms with Crippen molar-refractivity contribution < 1.29 is 31.7 Å². The van der Waals surface area contributed by atoms with E-state index < -0.39 is 33.8 Å². The zero-order valence-corrected chi connectivity index (χ0v) is 12.5. The van der Waals surface area contributed by atoms with E-state index >= 15 is 0 Å². The molecular formula is C13H14FNO6S. The van der Waals surface area contributed by atoms with Crippen LogP contribution in [0.15, 0.2) is 18.2 Å².